The third-order valence-corrected chi connectivity index (χ3v) is 6.76. The maximum absolute atomic E-state index is 14.5. The minimum absolute atomic E-state index is 0.107. The van der Waals surface area contributed by atoms with Crippen molar-refractivity contribution in [2.75, 3.05) is 13.2 Å². The van der Waals surface area contributed by atoms with Crippen LogP contribution in [0.3, 0.4) is 0 Å². The van der Waals surface area contributed by atoms with Crippen molar-refractivity contribution in [3.8, 4) is 5.75 Å². The van der Waals surface area contributed by atoms with Gasteiger partial charge in [-0.2, -0.15) is 5.10 Å². The average molecular weight is 420 g/mol. The summed E-state index contributed by atoms with van der Waals surface area (Å²) in [7, 11) is 0. The van der Waals surface area contributed by atoms with Gasteiger partial charge >= 0.3 is 0 Å². The van der Waals surface area contributed by atoms with E-state index in [4.69, 9.17) is 22.1 Å². The molecule has 5 nitrogen and oxygen atoms in total. The van der Waals surface area contributed by atoms with Gasteiger partial charge in [0.1, 0.15) is 16.6 Å². The van der Waals surface area contributed by atoms with Crippen molar-refractivity contribution in [2.45, 2.75) is 18.2 Å². The Kier molecular flexibility index (Phi) is 5.07. The Hall–Kier alpha value is -2.09. The molecule has 2 aromatic rings. The number of para-hydroxylation sites is 1. The molecule has 2 aliphatic rings. The largest absolute Gasteiger partial charge is 0.493 e. The van der Waals surface area contributed by atoms with Crippen LogP contribution in [0, 0.1) is 11.7 Å². The lowest BCUT2D eigenvalue weighted by atomic mass is 9.86. The van der Waals surface area contributed by atoms with Crippen molar-refractivity contribution in [1.82, 2.24) is 5.01 Å². The molecule has 0 aromatic heterocycles. The summed E-state index contributed by atoms with van der Waals surface area (Å²) in [5, 5.41) is 6.80. The summed E-state index contributed by atoms with van der Waals surface area (Å²) >= 11 is 7.44. The number of amides is 1. The number of rotatable bonds is 3. The minimum Gasteiger partial charge on any atom is -0.493 e. The molecule has 2 atom stereocenters. The minimum atomic E-state index is -0.843. The van der Waals surface area contributed by atoms with E-state index in [-0.39, 0.29) is 17.4 Å². The van der Waals surface area contributed by atoms with Crippen molar-refractivity contribution >= 4 is 34.3 Å². The van der Waals surface area contributed by atoms with Gasteiger partial charge in [-0.3, -0.25) is 4.79 Å². The first kappa shape index (κ1) is 19.2. The highest BCUT2D eigenvalue weighted by Gasteiger charge is 2.56. The Bertz CT molecular complexity index is 970. The number of thioether (sulfide) groups is 1. The van der Waals surface area contributed by atoms with Gasteiger partial charge < -0.3 is 10.5 Å². The van der Waals surface area contributed by atoms with Crippen LogP contribution < -0.4 is 10.5 Å². The summed E-state index contributed by atoms with van der Waals surface area (Å²) in [5.74, 6) is -0.0853. The van der Waals surface area contributed by atoms with E-state index in [0.717, 1.165) is 5.56 Å². The predicted octanol–water partition coefficient (Wildman–Crippen LogP) is 3.95. The van der Waals surface area contributed by atoms with Crippen molar-refractivity contribution in [2.24, 2.45) is 16.8 Å². The molecule has 28 heavy (non-hydrogen) atoms. The first-order chi connectivity index (χ1) is 13.5. The van der Waals surface area contributed by atoms with Crippen LogP contribution in [0.2, 0.25) is 5.02 Å². The smallest absolute Gasteiger partial charge is 0.241 e. The van der Waals surface area contributed by atoms with E-state index in [1.54, 1.807) is 0 Å². The number of hydrazone groups is 1. The number of fused-ring (bicyclic) bond motifs is 2. The molecule has 0 saturated heterocycles. The number of halogens is 2. The third-order valence-electron chi connectivity index (χ3n) is 5.00. The number of ether oxygens (including phenoxy) is 1. The van der Waals surface area contributed by atoms with E-state index in [9.17, 15) is 9.18 Å². The number of nitrogens with two attached hydrogens (primary N) is 1. The number of nitrogens with zero attached hydrogens (tertiary/aromatic N) is 2. The Balaban J connectivity index is 1.89. The summed E-state index contributed by atoms with van der Waals surface area (Å²) < 4.78 is 20.5. The van der Waals surface area contributed by atoms with Crippen LogP contribution in [0.1, 0.15) is 24.5 Å². The number of hydrogen-bond acceptors (Lipinski definition) is 5. The lowest BCUT2D eigenvalue weighted by molar-refractivity contribution is -0.134. The molecular weight excluding hydrogens is 401 g/mol. The van der Waals surface area contributed by atoms with Crippen LogP contribution in [0.4, 0.5) is 4.39 Å². The normalized spacial score (nSPS) is 23.4. The third kappa shape index (κ3) is 2.98. The molecule has 0 aliphatic carbocycles. The topological polar surface area (TPSA) is 67.9 Å². The van der Waals surface area contributed by atoms with Gasteiger partial charge in [-0.05, 0) is 37.2 Å². The van der Waals surface area contributed by atoms with Gasteiger partial charge in [0, 0.05) is 29.0 Å². The van der Waals surface area contributed by atoms with Crippen LogP contribution in [0.25, 0.3) is 0 Å². The first-order valence-corrected chi connectivity index (χ1v) is 10.1. The number of hydrogen-bond donors (Lipinski definition) is 1. The molecule has 0 saturated carbocycles. The monoisotopic (exact) mass is 419 g/mol. The van der Waals surface area contributed by atoms with Gasteiger partial charge in [-0.25, -0.2) is 9.40 Å². The van der Waals surface area contributed by atoms with Gasteiger partial charge in [0.15, 0.2) is 4.87 Å². The van der Waals surface area contributed by atoms with Gasteiger partial charge in [0.05, 0.1) is 6.61 Å². The van der Waals surface area contributed by atoms with Gasteiger partial charge in [0.2, 0.25) is 5.91 Å². The van der Waals surface area contributed by atoms with Crippen LogP contribution in [-0.4, -0.2) is 29.1 Å². The molecule has 4 rings (SSSR count). The molecule has 2 aromatic carbocycles. The lowest BCUT2D eigenvalue weighted by Gasteiger charge is -2.45. The van der Waals surface area contributed by atoms with Crippen molar-refractivity contribution in [3.05, 3.63) is 64.4 Å². The Morgan fingerprint density at radius 2 is 2.21 bits per heavy atom. The zero-order valence-electron chi connectivity index (χ0n) is 15.2. The average Bonchev–Trinajstić information content (AvgIpc) is 3.08. The number of carbonyl (C=O) groups excluding carboxylic acids is 1. The summed E-state index contributed by atoms with van der Waals surface area (Å²) in [6.45, 7) is 2.29. The maximum atomic E-state index is 14.5. The van der Waals surface area contributed by atoms with E-state index in [1.165, 1.54) is 41.9 Å². The molecule has 1 spiro atoms. The lowest BCUT2D eigenvalue weighted by Crippen LogP contribution is -2.51. The van der Waals surface area contributed by atoms with E-state index < -0.39 is 10.7 Å². The molecule has 0 radical (unpaired) electrons. The van der Waals surface area contributed by atoms with Gasteiger partial charge in [-0.1, -0.05) is 41.6 Å². The van der Waals surface area contributed by atoms with Crippen LogP contribution in [0.5, 0.6) is 5.75 Å². The van der Waals surface area contributed by atoms with Crippen molar-refractivity contribution < 1.29 is 13.9 Å². The molecular formula is C20H19ClFN3O2S. The molecule has 2 unspecified atom stereocenters. The molecule has 2 N–H and O–H groups in total. The van der Waals surface area contributed by atoms with Crippen molar-refractivity contribution in [3.63, 3.8) is 0 Å². The summed E-state index contributed by atoms with van der Waals surface area (Å²) in [6, 6.07) is 11.9. The van der Waals surface area contributed by atoms with E-state index in [2.05, 4.69) is 5.10 Å². The molecule has 2 heterocycles. The molecule has 0 bridgehead atoms. The molecule has 8 heteroatoms. The van der Waals surface area contributed by atoms with E-state index >= 15 is 0 Å². The van der Waals surface area contributed by atoms with E-state index in [1.807, 2.05) is 24.3 Å². The Morgan fingerprint density at radius 3 is 2.96 bits per heavy atom. The second-order valence-corrected chi connectivity index (χ2v) is 8.39. The summed E-state index contributed by atoms with van der Waals surface area (Å²) in [4.78, 5) is 11.8. The summed E-state index contributed by atoms with van der Waals surface area (Å²) in [5.41, 5.74) is 6.97. The molecule has 2 aliphatic heterocycles. The van der Waals surface area contributed by atoms with Gasteiger partial charge in [-0.15, -0.1) is 0 Å². The fourth-order valence-corrected chi connectivity index (χ4v) is 5.51. The first-order valence-electron chi connectivity index (χ1n) is 8.93. The quantitative estimate of drug-likeness (QED) is 0.818. The number of benzene rings is 2. The fourth-order valence-electron chi connectivity index (χ4n) is 3.77. The Morgan fingerprint density at radius 1 is 1.43 bits per heavy atom. The SMILES string of the molecule is CC(=O)N1N=C(c2cc(Cl)ccc2F)SC12c1ccccc1OCC2CCN. The number of carbonyl (C=O) groups is 1. The zero-order valence-corrected chi connectivity index (χ0v) is 16.8. The standard InChI is InChI=1S/C20H19ClFN3O2S/c1-12(26)25-20(28-19(24-25)15-10-14(21)6-7-17(15)22)13(8-9-23)11-27-18-5-3-2-4-16(18)20/h2-7,10,13H,8-9,11,23H2,1H3. The molecule has 0 fully saturated rings. The van der Waals surface area contributed by atoms with Crippen LogP contribution in [-0.2, 0) is 9.67 Å². The fraction of sp³-hybridized carbons (Fsp3) is 0.300. The van der Waals surface area contributed by atoms with Crippen LogP contribution in [0.15, 0.2) is 47.6 Å². The van der Waals surface area contributed by atoms with E-state index in [0.29, 0.717) is 35.4 Å². The highest BCUT2D eigenvalue weighted by Crippen LogP contribution is 2.57. The highest BCUT2D eigenvalue weighted by molar-refractivity contribution is 8.15. The van der Waals surface area contributed by atoms with Gasteiger partial charge in [0.25, 0.3) is 0 Å². The maximum Gasteiger partial charge on any atom is 0.241 e. The second kappa shape index (κ2) is 7.39. The molecule has 146 valence electrons. The second-order valence-electron chi connectivity index (χ2n) is 6.74. The predicted molar refractivity (Wildman–Crippen MR) is 109 cm³/mol. The Labute approximate surface area is 171 Å². The zero-order chi connectivity index (χ0) is 19.9. The summed E-state index contributed by atoms with van der Waals surface area (Å²) in [6.07, 6.45) is 0.631. The van der Waals surface area contributed by atoms with Crippen molar-refractivity contribution in [1.29, 1.82) is 0 Å². The highest BCUT2D eigenvalue weighted by atomic mass is 35.5. The molecule has 1 amide bonds. The van der Waals surface area contributed by atoms with Crippen LogP contribution >= 0.6 is 23.4 Å².